The van der Waals surface area contributed by atoms with Gasteiger partial charge in [-0.3, -0.25) is 0 Å². The molecule has 0 aliphatic carbocycles. The number of nitrogens with zero attached hydrogens (tertiary/aromatic N) is 3. The number of fused-ring (bicyclic) bond motifs is 1. The Balaban J connectivity index is 1.87. The number of hydrogen-bond donors (Lipinski definition) is 1. The molecule has 21 heavy (non-hydrogen) atoms. The number of hydrogen-bond acceptors (Lipinski definition) is 5. The van der Waals surface area contributed by atoms with Crippen LogP contribution in [0.15, 0.2) is 24.5 Å². The van der Waals surface area contributed by atoms with Gasteiger partial charge in [0, 0.05) is 13.1 Å². The van der Waals surface area contributed by atoms with E-state index < -0.39 is 5.97 Å². The summed E-state index contributed by atoms with van der Waals surface area (Å²) in [7, 11) is 2.10. The van der Waals surface area contributed by atoms with Crippen LogP contribution >= 0.6 is 0 Å². The van der Waals surface area contributed by atoms with Crippen molar-refractivity contribution < 1.29 is 14.6 Å². The number of piperidine rings is 1. The first kappa shape index (κ1) is 13.8. The lowest BCUT2D eigenvalue weighted by atomic mass is 10.1. The molecule has 1 fully saturated rings. The summed E-state index contributed by atoms with van der Waals surface area (Å²) in [4.78, 5) is 21.6. The monoisotopic (exact) mass is 287 g/mol. The van der Waals surface area contributed by atoms with Crippen LogP contribution in [-0.4, -0.2) is 52.2 Å². The van der Waals surface area contributed by atoms with E-state index in [-0.39, 0.29) is 11.7 Å². The molecule has 1 aromatic carbocycles. The van der Waals surface area contributed by atoms with Crippen LogP contribution in [0.4, 0.5) is 0 Å². The number of ether oxygens (including phenoxy) is 1. The van der Waals surface area contributed by atoms with Gasteiger partial charge in [-0.2, -0.15) is 0 Å². The Bertz CT molecular complexity index is 666. The molecule has 0 unspecified atom stereocenters. The Morgan fingerprint density at radius 1 is 1.33 bits per heavy atom. The first-order valence-corrected chi connectivity index (χ1v) is 6.97. The van der Waals surface area contributed by atoms with E-state index in [0.717, 1.165) is 31.3 Å². The first-order valence-electron chi connectivity index (χ1n) is 6.97. The van der Waals surface area contributed by atoms with Crippen molar-refractivity contribution in [3.05, 3.63) is 30.1 Å². The van der Waals surface area contributed by atoms with Crippen LogP contribution in [0.3, 0.4) is 0 Å². The summed E-state index contributed by atoms with van der Waals surface area (Å²) in [5.74, 6) is -0.431. The molecule has 6 nitrogen and oxygen atoms in total. The van der Waals surface area contributed by atoms with Crippen molar-refractivity contribution in [2.75, 3.05) is 20.1 Å². The number of aromatic carboxylic acids is 1. The quantitative estimate of drug-likeness (QED) is 0.927. The Kier molecular flexibility index (Phi) is 3.70. The second-order valence-corrected chi connectivity index (χ2v) is 5.34. The highest BCUT2D eigenvalue weighted by Gasteiger charge is 2.19. The molecule has 1 aliphatic heterocycles. The molecule has 6 heteroatoms. The summed E-state index contributed by atoms with van der Waals surface area (Å²) >= 11 is 0. The van der Waals surface area contributed by atoms with Gasteiger partial charge in [-0.1, -0.05) is 0 Å². The SMILES string of the molecule is CN1CCC(Oc2ncnc3cc(C(=O)O)ccc23)CC1. The van der Waals surface area contributed by atoms with E-state index in [0.29, 0.717) is 11.4 Å². The van der Waals surface area contributed by atoms with E-state index in [2.05, 4.69) is 21.9 Å². The van der Waals surface area contributed by atoms with Crippen LogP contribution in [-0.2, 0) is 0 Å². The Labute approximate surface area is 122 Å². The number of likely N-dealkylation sites (tertiary alicyclic amines) is 1. The Hall–Kier alpha value is -2.21. The molecule has 1 N–H and O–H groups in total. The molecule has 3 rings (SSSR count). The summed E-state index contributed by atoms with van der Waals surface area (Å²) in [6.07, 6.45) is 3.50. The van der Waals surface area contributed by atoms with Gasteiger partial charge in [0.05, 0.1) is 16.5 Å². The number of rotatable bonds is 3. The Morgan fingerprint density at radius 2 is 2.10 bits per heavy atom. The largest absolute Gasteiger partial charge is 0.478 e. The third-order valence-corrected chi connectivity index (χ3v) is 3.79. The summed E-state index contributed by atoms with van der Waals surface area (Å²) in [5, 5.41) is 9.77. The summed E-state index contributed by atoms with van der Waals surface area (Å²) < 4.78 is 5.99. The van der Waals surface area contributed by atoms with E-state index in [4.69, 9.17) is 9.84 Å². The molecule has 0 saturated carbocycles. The average molecular weight is 287 g/mol. The van der Waals surface area contributed by atoms with Crippen LogP contribution in [0.2, 0.25) is 0 Å². The number of carboxylic acids is 1. The van der Waals surface area contributed by atoms with Gasteiger partial charge < -0.3 is 14.7 Å². The van der Waals surface area contributed by atoms with Gasteiger partial charge in [-0.25, -0.2) is 14.8 Å². The van der Waals surface area contributed by atoms with Crippen LogP contribution in [0, 0.1) is 0 Å². The number of benzene rings is 1. The zero-order valence-corrected chi connectivity index (χ0v) is 11.8. The maximum absolute atomic E-state index is 11.0. The Morgan fingerprint density at radius 3 is 2.81 bits per heavy atom. The lowest BCUT2D eigenvalue weighted by molar-refractivity contribution is 0.0697. The summed E-state index contributed by atoms with van der Waals surface area (Å²) in [6.45, 7) is 2.02. The molecule has 0 amide bonds. The molecule has 2 heterocycles. The highest BCUT2D eigenvalue weighted by Crippen LogP contribution is 2.25. The molecular formula is C15H17N3O3. The molecule has 2 aromatic rings. The van der Waals surface area contributed by atoms with E-state index in [1.807, 2.05) is 0 Å². The minimum Gasteiger partial charge on any atom is -0.478 e. The molecule has 110 valence electrons. The van der Waals surface area contributed by atoms with Crippen LogP contribution in [0.5, 0.6) is 5.88 Å². The third-order valence-electron chi connectivity index (χ3n) is 3.79. The normalized spacial score (nSPS) is 17.0. The van der Waals surface area contributed by atoms with Gasteiger partial charge in [0.15, 0.2) is 0 Å². The maximum Gasteiger partial charge on any atom is 0.335 e. The van der Waals surface area contributed by atoms with Gasteiger partial charge in [0.25, 0.3) is 0 Å². The van der Waals surface area contributed by atoms with E-state index in [9.17, 15) is 4.79 Å². The number of carboxylic acid groups (broad SMARTS) is 1. The van der Waals surface area contributed by atoms with E-state index in [1.165, 1.54) is 6.33 Å². The molecular weight excluding hydrogens is 270 g/mol. The molecule has 0 spiro atoms. The van der Waals surface area contributed by atoms with Gasteiger partial charge in [0.1, 0.15) is 12.4 Å². The fraction of sp³-hybridized carbons (Fsp3) is 0.400. The average Bonchev–Trinajstić information content (AvgIpc) is 2.49. The van der Waals surface area contributed by atoms with Gasteiger partial charge >= 0.3 is 5.97 Å². The first-order chi connectivity index (χ1) is 10.1. The van der Waals surface area contributed by atoms with E-state index in [1.54, 1.807) is 18.2 Å². The second-order valence-electron chi connectivity index (χ2n) is 5.34. The fourth-order valence-corrected chi connectivity index (χ4v) is 2.52. The zero-order valence-electron chi connectivity index (χ0n) is 11.8. The van der Waals surface area contributed by atoms with Crippen molar-refractivity contribution in [2.45, 2.75) is 18.9 Å². The van der Waals surface area contributed by atoms with Crippen molar-refractivity contribution in [3.63, 3.8) is 0 Å². The van der Waals surface area contributed by atoms with Crippen LogP contribution < -0.4 is 4.74 Å². The minimum atomic E-state index is -0.965. The van der Waals surface area contributed by atoms with Crippen LogP contribution in [0.25, 0.3) is 10.9 Å². The van der Waals surface area contributed by atoms with E-state index >= 15 is 0 Å². The van der Waals surface area contributed by atoms with Crippen molar-refractivity contribution in [2.24, 2.45) is 0 Å². The second kappa shape index (κ2) is 5.65. The highest BCUT2D eigenvalue weighted by atomic mass is 16.5. The van der Waals surface area contributed by atoms with Crippen molar-refractivity contribution in [3.8, 4) is 5.88 Å². The molecule has 1 saturated heterocycles. The highest BCUT2D eigenvalue weighted by molar-refractivity contribution is 5.94. The van der Waals surface area contributed by atoms with Crippen molar-refractivity contribution >= 4 is 16.9 Å². The van der Waals surface area contributed by atoms with Crippen molar-refractivity contribution in [1.29, 1.82) is 0 Å². The van der Waals surface area contributed by atoms with Gasteiger partial charge in [0.2, 0.25) is 5.88 Å². The predicted molar refractivity (Wildman–Crippen MR) is 77.6 cm³/mol. The molecule has 0 atom stereocenters. The molecule has 1 aliphatic rings. The topological polar surface area (TPSA) is 75.5 Å². The number of carbonyl (C=O) groups is 1. The zero-order chi connectivity index (χ0) is 14.8. The molecule has 1 aromatic heterocycles. The molecule has 0 bridgehead atoms. The van der Waals surface area contributed by atoms with Crippen LogP contribution in [0.1, 0.15) is 23.2 Å². The smallest absolute Gasteiger partial charge is 0.335 e. The lowest BCUT2D eigenvalue weighted by Crippen LogP contribution is -2.35. The summed E-state index contributed by atoms with van der Waals surface area (Å²) in [6, 6.07) is 4.81. The molecule has 0 radical (unpaired) electrons. The standard InChI is InChI=1S/C15H17N3O3/c1-18-6-4-11(5-7-18)21-14-12-3-2-10(15(19)20)8-13(12)16-9-17-14/h2-3,8-9,11H,4-7H2,1H3,(H,19,20). The van der Waals surface area contributed by atoms with Gasteiger partial charge in [-0.15, -0.1) is 0 Å². The van der Waals surface area contributed by atoms with Crippen molar-refractivity contribution in [1.82, 2.24) is 14.9 Å². The third kappa shape index (κ3) is 2.95. The summed E-state index contributed by atoms with van der Waals surface area (Å²) in [5.41, 5.74) is 0.805. The maximum atomic E-state index is 11.0. The predicted octanol–water partition coefficient (Wildman–Crippen LogP) is 1.80. The van der Waals surface area contributed by atoms with Gasteiger partial charge in [-0.05, 0) is 38.1 Å². The minimum absolute atomic E-state index is 0.151. The number of aromatic nitrogens is 2. The fourth-order valence-electron chi connectivity index (χ4n) is 2.52. The lowest BCUT2D eigenvalue weighted by Gasteiger charge is -2.29.